The summed E-state index contributed by atoms with van der Waals surface area (Å²) >= 11 is 0. The molecule has 8 nitrogen and oxygen atoms in total. The highest BCUT2D eigenvalue weighted by Crippen LogP contribution is 2.34. The first-order valence-electron chi connectivity index (χ1n) is 14.5. The molecule has 2 amide bonds. The highest BCUT2D eigenvalue weighted by Gasteiger charge is 2.28. The van der Waals surface area contributed by atoms with E-state index >= 15 is 0 Å². The van der Waals surface area contributed by atoms with E-state index in [-0.39, 0.29) is 12.6 Å². The standard InChI is InChI=1S/C32H48N4O4Si/c1-9-13-27(35-31(38)40-32(3,4)5)29-34-28(21-36(29)22-39-16-17-41(6,7)8)25-14-11-12-15-26(25)30(37)33-20-24-18-23(10-2)19-24/h9-12,14-15,21,23-24,27H,1-2,13,16-20,22H2,3-8H3,(H,33,37)(H,35,38)/t23?,24?,27-/m0/s1. The minimum Gasteiger partial charge on any atom is -0.444 e. The number of allylic oxidation sites excluding steroid dienone is 1. The maximum Gasteiger partial charge on any atom is 0.408 e. The molecule has 1 aromatic heterocycles. The summed E-state index contributed by atoms with van der Waals surface area (Å²) < 4.78 is 13.5. The Morgan fingerprint density at radius 3 is 2.54 bits per heavy atom. The zero-order chi connectivity index (χ0) is 30.2. The van der Waals surface area contributed by atoms with Gasteiger partial charge in [-0.2, -0.15) is 0 Å². The first kappa shape index (κ1) is 32.3. The number of amides is 2. The van der Waals surface area contributed by atoms with E-state index in [0.717, 1.165) is 24.4 Å². The van der Waals surface area contributed by atoms with Crippen LogP contribution in [0.4, 0.5) is 4.79 Å². The lowest BCUT2D eigenvalue weighted by molar-refractivity contribution is 0.0492. The fraction of sp³-hybridized carbons (Fsp3) is 0.531. The summed E-state index contributed by atoms with van der Waals surface area (Å²) in [6.45, 7) is 21.7. The van der Waals surface area contributed by atoms with Crippen molar-refractivity contribution in [3.05, 3.63) is 67.2 Å². The van der Waals surface area contributed by atoms with Gasteiger partial charge in [0.25, 0.3) is 5.91 Å². The molecule has 1 heterocycles. The van der Waals surface area contributed by atoms with Gasteiger partial charge in [0.05, 0.1) is 11.7 Å². The molecule has 1 saturated carbocycles. The summed E-state index contributed by atoms with van der Waals surface area (Å²) in [5.74, 6) is 1.52. The molecule has 9 heteroatoms. The van der Waals surface area contributed by atoms with E-state index in [4.69, 9.17) is 14.5 Å². The van der Waals surface area contributed by atoms with Crippen molar-refractivity contribution < 1.29 is 19.1 Å². The first-order valence-corrected chi connectivity index (χ1v) is 18.3. The normalized spacial score (nSPS) is 17.7. The van der Waals surface area contributed by atoms with E-state index in [2.05, 4.69) is 43.4 Å². The number of hydrogen-bond acceptors (Lipinski definition) is 5. The topological polar surface area (TPSA) is 94.5 Å². The Balaban J connectivity index is 1.88. The van der Waals surface area contributed by atoms with Crippen LogP contribution in [0.1, 0.15) is 62.3 Å². The van der Waals surface area contributed by atoms with Crippen LogP contribution in [0.3, 0.4) is 0 Å². The summed E-state index contributed by atoms with van der Waals surface area (Å²) in [6.07, 6.45) is 7.66. The van der Waals surface area contributed by atoms with Crippen molar-refractivity contribution in [3.63, 3.8) is 0 Å². The van der Waals surface area contributed by atoms with Crippen molar-refractivity contribution in [1.29, 1.82) is 0 Å². The number of carbonyl (C=O) groups excluding carboxylic acids is 2. The number of alkyl carbamates (subject to hydrolysis) is 1. The number of ether oxygens (including phenoxy) is 2. The molecule has 41 heavy (non-hydrogen) atoms. The van der Waals surface area contributed by atoms with Gasteiger partial charge in [-0.05, 0) is 64.0 Å². The first-order chi connectivity index (χ1) is 19.3. The molecule has 0 bridgehead atoms. The number of carbonyl (C=O) groups is 2. The molecular formula is C32H48N4O4Si. The second-order valence-electron chi connectivity index (χ2n) is 13.1. The Hall–Kier alpha value is -3.17. The summed E-state index contributed by atoms with van der Waals surface area (Å²) in [4.78, 5) is 30.9. The minimum atomic E-state index is -1.26. The second-order valence-corrected chi connectivity index (χ2v) is 18.7. The van der Waals surface area contributed by atoms with Gasteiger partial charge in [0.2, 0.25) is 0 Å². The molecule has 0 saturated heterocycles. The molecule has 1 fully saturated rings. The molecule has 0 aliphatic heterocycles. The average Bonchev–Trinajstić information content (AvgIpc) is 3.27. The fourth-order valence-corrected chi connectivity index (χ4v) is 5.47. The van der Waals surface area contributed by atoms with Crippen molar-refractivity contribution >= 4 is 20.1 Å². The summed E-state index contributed by atoms with van der Waals surface area (Å²) in [5, 5.41) is 6.06. The second kappa shape index (κ2) is 14.1. The Bertz CT molecular complexity index is 1210. The van der Waals surface area contributed by atoms with Crippen LogP contribution in [0.5, 0.6) is 0 Å². The molecule has 0 unspecified atom stereocenters. The molecule has 3 rings (SSSR count). The van der Waals surface area contributed by atoms with E-state index in [1.54, 1.807) is 6.08 Å². The summed E-state index contributed by atoms with van der Waals surface area (Å²) in [7, 11) is -1.26. The van der Waals surface area contributed by atoms with Crippen molar-refractivity contribution in [2.45, 2.75) is 84.1 Å². The number of nitrogens with zero attached hydrogens (tertiary/aromatic N) is 2. The molecule has 1 aliphatic rings. The van der Waals surface area contributed by atoms with Crippen LogP contribution in [0.25, 0.3) is 11.3 Å². The molecule has 224 valence electrons. The van der Waals surface area contributed by atoms with E-state index in [9.17, 15) is 9.59 Å². The number of imidazole rings is 1. The molecule has 1 atom stereocenters. The number of nitrogens with one attached hydrogen (secondary N) is 2. The predicted octanol–water partition coefficient (Wildman–Crippen LogP) is 6.95. The molecule has 0 spiro atoms. The van der Waals surface area contributed by atoms with E-state index in [1.165, 1.54) is 0 Å². The van der Waals surface area contributed by atoms with Gasteiger partial charge in [0.15, 0.2) is 0 Å². The number of benzene rings is 1. The maximum atomic E-state index is 13.3. The molecule has 2 aromatic rings. The molecule has 1 aliphatic carbocycles. The van der Waals surface area contributed by atoms with Crippen LogP contribution in [0, 0.1) is 11.8 Å². The van der Waals surface area contributed by atoms with Crippen LogP contribution in [0.2, 0.25) is 25.7 Å². The van der Waals surface area contributed by atoms with Gasteiger partial charge in [-0.3, -0.25) is 4.79 Å². The summed E-state index contributed by atoms with van der Waals surface area (Å²) in [5.41, 5.74) is 1.28. The smallest absolute Gasteiger partial charge is 0.408 e. The zero-order valence-corrected chi connectivity index (χ0v) is 26.7. The van der Waals surface area contributed by atoms with E-state index < -0.39 is 25.8 Å². The quantitative estimate of drug-likeness (QED) is 0.143. The van der Waals surface area contributed by atoms with Gasteiger partial charge in [-0.25, -0.2) is 9.78 Å². The Morgan fingerprint density at radius 2 is 1.90 bits per heavy atom. The maximum absolute atomic E-state index is 13.3. The molecule has 0 radical (unpaired) electrons. The average molecular weight is 581 g/mol. The van der Waals surface area contributed by atoms with Crippen molar-refractivity contribution in [3.8, 4) is 11.3 Å². The highest BCUT2D eigenvalue weighted by molar-refractivity contribution is 6.76. The van der Waals surface area contributed by atoms with Crippen LogP contribution in [0.15, 0.2) is 55.8 Å². The number of aromatic nitrogens is 2. The number of hydrogen-bond donors (Lipinski definition) is 2. The Kier molecular flexibility index (Phi) is 11.2. The lowest BCUT2D eigenvalue weighted by Crippen LogP contribution is -2.36. The van der Waals surface area contributed by atoms with Crippen molar-refractivity contribution in [1.82, 2.24) is 20.2 Å². The zero-order valence-electron chi connectivity index (χ0n) is 25.7. The predicted molar refractivity (Wildman–Crippen MR) is 167 cm³/mol. The third kappa shape index (κ3) is 10.0. The van der Waals surface area contributed by atoms with Gasteiger partial charge >= 0.3 is 6.09 Å². The molecule has 2 N–H and O–H groups in total. The number of rotatable bonds is 14. The van der Waals surface area contributed by atoms with Gasteiger partial charge in [-0.1, -0.05) is 50.0 Å². The Labute approximate surface area is 246 Å². The van der Waals surface area contributed by atoms with Crippen LogP contribution in [-0.4, -0.2) is 48.4 Å². The minimum absolute atomic E-state index is 0.125. The third-order valence-electron chi connectivity index (χ3n) is 7.04. The lowest BCUT2D eigenvalue weighted by atomic mass is 9.75. The highest BCUT2D eigenvalue weighted by atomic mass is 28.3. The van der Waals surface area contributed by atoms with Crippen molar-refractivity contribution in [2.75, 3.05) is 13.2 Å². The van der Waals surface area contributed by atoms with Gasteiger partial charge in [0.1, 0.15) is 18.2 Å². The lowest BCUT2D eigenvalue weighted by Gasteiger charge is -2.33. The third-order valence-corrected chi connectivity index (χ3v) is 8.75. The molecule has 1 aromatic carbocycles. The SMILES string of the molecule is C=CC[C@H](NC(=O)OC(C)(C)C)c1nc(-c2ccccc2C(=O)NCC2CC(C=C)C2)cn1COCC[Si](C)(C)C. The fourth-order valence-electron chi connectivity index (χ4n) is 4.71. The largest absolute Gasteiger partial charge is 0.444 e. The van der Waals surface area contributed by atoms with Gasteiger partial charge in [0, 0.05) is 38.5 Å². The van der Waals surface area contributed by atoms with Gasteiger partial charge < -0.3 is 24.7 Å². The van der Waals surface area contributed by atoms with Crippen molar-refractivity contribution in [2.24, 2.45) is 11.8 Å². The monoisotopic (exact) mass is 580 g/mol. The molecular weight excluding hydrogens is 532 g/mol. The van der Waals surface area contributed by atoms with Gasteiger partial charge in [-0.15, -0.1) is 13.2 Å². The van der Waals surface area contributed by atoms with Crippen LogP contribution < -0.4 is 10.6 Å². The summed E-state index contributed by atoms with van der Waals surface area (Å²) in [6, 6.07) is 8.02. The van der Waals surface area contributed by atoms with E-state index in [1.807, 2.05) is 61.9 Å². The Morgan fingerprint density at radius 1 is 1.20 bits per heavy atom. The van der Waals surface area contributed by atoms with E-state index in [0.29, 0.717) is 48.5 Å². The van der Waals surface area contributed by atoms with Crippen LogP contribution in [-0.2, 0) is 16.2 Å². The van der Waals surface area contributed by atoms with Crippen LogP contribution >= 0.6 is 0 Å².